The van der Waals surface area contributed by atoms with E-state index in [0.717, 1.165) is 12.1 Å². The maximum absolute atomic E-state index is 12.7. The first-order chi connectivity index (χ1) is 9.43. The van der Waals surface area contributed by atoms with Crippen molar-refractivity contribution in [1.29, 1.82) is 0 Å². The number of hydrogen-bond donors (Lipinski definition) is 1. The highest BCUT2D eigenvalue weighted by atomic mass is 19.4. The minimum absolute atomic E-state index is 0.0212. The van der Waals surface area contributed by atoms with Crippen LogP contribution in [0.15, 0.2) is 24.3 Å². The van der Waals surface area contributed by atoms with Gasteiger partial charge in [0.25, 0.3) is 0 Å². The van der Waals surface area contributed by atoms with Crippen LogP contribution in [0, 0.1) is 5.92 Å². The van der Waals surface area contributed by atoms with Crippen LogP contribution < -0.4 is 4.90 Å². The van der Waals surface area contributed by atoms with Crippen molar-refractivity contribution in [3.05, 3.63) is 29.8 Å². The van der Waals surface area contributed by atoms with Crippen LogP contribution >= 0.6 is 0 Å². The molecule has 1 aliphatic heterocycles. The Morgan fingerprint density at radius 2 is 2.10 bits per heavy atom. The van der Waals surface area contributed by atoms with Crippen molar-refractivity contribution < 1.29 is 23.1 Å². The van der Waals surface area contributed by atoms with E-state index in [9.17, 15) is 18.0 Å². The Labute approximate surface area is 115 Å². The van der Waals surface area contributed by atoms with Crippen LogP contribution in [0.1, 0.15) is 24.8 Å². The topological polar surface area (TPSA) is 40.5 Å². The molecule has 0 aromatic heterocycles. The Balaban J connectivity index is 2.15. The fraction of sp³-hybridized carbons (Fsp3) is 0.500. The van der Waals surface area contributed by atoms with Crippen molar-refractivity contribution in [2.24, 2.45) is 5.92 Å². The number of carbonyl (C=O) groups is 1. The highest BCUT2D eigenvalue weighted by molar-refractivity contribution is 5.97. The second-order valence-corrected chi connectivity index (χ2v) is 4.89. The first-order valence-corrected chi connectivity index (χ1v) is 6.53. The monoisotopic (exact) mass is 287 g/mol. The summed E-state index contributed by atoms with van der Waals surface area (Å²) in [5.41, 5.74) is -0.460. The molecule has 1 saturated heterocycles. The van der Waals surface area contributed by atoms with Gasteiger partial charge in [-0.25, -0.2) is 0 Å². The van der Waals surface area contributed by atoms with Gasteiger partial charge in [0.2, 0.25) is 5.91 Å². The average Bonchev–Trinajstić information content (AvgIpc) is 2.77. The van der Waals surface area contributed by atoms with Crippen LogP contribution in [0.2, 0.25) is 0 Å². The van der Waals surface area contributed by atoms with Crippen LogP contribution in [0.4, 0.5) is 18.9 Å². The van der Waals surface area contributed by atoms with E-state index in [1.807, 2.05) is 0 Å². The Bertz CT molecular complexity index is 488. The van der Waals surface area contributed by atoms with Crippen LogP contribution in [0.5, 0.6) is 0 Å². The number of carbonyl (C=O) groups excluding carboxylic acids is 1. The maximum atomic E-state index is 12.7. The molecule has 0 aliphatic carbocycles. The molecule has 1 fully saturated rings. The summed E-state index contributed by atoms with van der Waals surface area (Å²) in [4.78, 5) is 13.5. The fourth-order valence-electron chi connectivity index (χ4n) is 2.45. The predicted octanol–water partition coefficient (Wildman–Crippen LogP) is 2.83. The van der Waals surface area contributed by atoms with E-state index in [-0.39, 0.29) is 24.1 Å². The third-order valence-corrected chi connectivity index (χ3v) is 3.51. The van der Waals surface area contributed by atoms with Crippen molar-refractivity contribution in [2.75, 3.05) is 18.1 Å². The minimum Gasteiger partial charge on any atom is -0.396 e. The van der Waals surface area contributed by atoms with E-state index in [0.29, 0.717) is 25.8 Å². The van der Waals surface area contributed by atoms with Gasteiger partial charge in [0.15, 0.2) is 0 Å². The van der Waals surface area contributed by atoms with Crippen molar-refractivity contribution in [3.63, 3.8) is 0 Å². The number of alkyl halides is 3. The van der Waals surface area contributed by atoms with Gasteiger partial charge in [-0.3, -0.25) is 4.79 Å². The molecule has 1 aromatic carbocycles. The molecule has 0 spiro atoms. The van der Waals surface area contributed by atoms with Gasteiger partial charge in [0, 0.05) is 24.8 Å². The molecule has 20 heavy (non-hydrogen) atoms. The van der Waals surface area contributed by atoms with E-state index in [1.165, 1.54) is 17.0 Å². The number of hydrogen-bond acceptors (Lipinski definition) is 2. The number of aliphatic hydroxyl groups excluding tert-OH is 1. The summed E-state index contributed by atoms with van der Waals surface area (Å²) in [5, 5.41) is 8.77. The summed E-state index contributed by atoms with van der Waals surface area (Å²) in [5.74, 6) is -0.352. The molecule has 1 unspecified atom stereocenters. The van der Waals surface area contributed by atoms with Gasteiger partial charge in [-0.15, -0.1) is 0 Å². The first kappa shape index (κ1) is 14.8. The molecular formula is C14H16F3NO2. The highest BCUT2D eigenvalue weighted by Crippen LogP contribution is 2.34. The lowest BCUT2D eigenvalue weighted by atomic mass is 10.0. The predicted molar refractivity (Wildman–Crippen MR) is 68.2 cm³/mol. The van der Waals surface area contributed by atoms with Gasteiger partial charge in [-0.05, 0) is 37.5 Å². The summed E-state index contributed by atoms with van der Waals surface area (Å²) >= 11 is 0. The summed E-state index contributed by atoms with van der Waals surface area (Å²) in [7, 11) is 0. The largest absolute Gasteiger partial charge is 0.416 e. The minimum atomic E-state index is -4.41. The zero-order chi connectivity index (χ0) is 14.8. The third kappa shape index (κ3) is 3.12. The van der Waals surface area contributed by atoms with Crippen LogP contribution in [-0.4, -0.2) is 24.2 Å². The van der Waals surface area contributed by atoms with Crippen molar-refractivity contribution in [3.8, 4) is 0 Å². The molecular weight excluding hydrogens is 271 g/mol. The molecule has 1 atom stereocenters. The highest BCUT2D eigenvalue weighted by Gasteiger charge is 2.34. The molecule has 1 amide bonds. The quantitative estimate of drug-likeness (QED) is 0.925. The normalized spacial score (nSPS) is 19.7. The number of benzene rings is 1. The zero-order valence-electron chi connectivity index (χ0n) is 10.9. The number of anilines is 1. The van der Waals surface area contributed by atoms with Gasteiger partial charge in [0.1, 0.15) is 0 Å². The molecule has 6 heteroatoms. The van der Waals surface area contributed by atoms with Crippen molar-refractivity contribution in [1.82, 2.24) is 0 Å². The second kappa shape index (κ2) is 5.83. The van der Waals surface area contributed by atoms with E-state index in [1.54, 1.807) is 0 Å². The summed E-state index contributed by atoms with van der Waals surface area (Å²) in [6, 6.07) is 4.83. The van der Waals surface area contributed by atoms with Gasteiger partial charge < -0.3 is 10.0 Å². The average molecular weight is 287 g/mol. The van der Waals surface area contributed by atoms with E-state index in [2.05, 4.69) is 0 Å². The van der Waals surface area contributed by atoms with Crippen LogP contribution in [0.25, 0.3) is 0 Å². The standard InChI is InChI=1S/C14H16F3NO2/c15-14(16,17)11-4-1-5-12(9-11)18-7-6-10(13(18)20)3-2-8-19/h1,4-5,9-10,19H,2-3,6-8H2. The summed E-state index contributed by atoms with van der Waals surface area (Å²) in [6.45, 7) is 0.448. The molecule has 0 saturated carbocycles. The van der Waals surface area contributed by atoms with Gasteiger partial charge in [-0.2, -0.15) is 13.2 Å². The number of rotatable bonds is 4. The lowest BCUT2D eigenvalue weighted by molar-refractivity contribution is -0.137. The van der Waals surface area contributed by atoms with Gasteiger partial charge >= 0.3 is 6.18 Å². The van der Waals surface area contributed by atoms with E-state index < -0.39 is 11.7 Å². The Morgan fingerprint density at radius 1 is 1.35 bits per heavy atom. The summed E-state index contributed by atoms with van der Waals surface area (Å²) in [6.07, 6.45) is -2.68. The Hall–Kier alpha value is -1.56. The number of nitrogens with zero attached hydrogens (tertiary/aromatic N) is 1. The number of halogens is 3. The molecule has 1 heterocycles. The molecule has 1 aromatic rings. The van der Waals surface area contributed by atoms with E-state index >= 15 is 0 Å². The smallest absolute Gasteiger partial charge is 0.396 e. The van der Waals surface area contributed by atoms with Gasteiger partial charge in [-0.1, -0.05) is 6.07 Å². The molecule has 1 N–H and O–H groups in total. The lowest BCUT2D eigenvalue weighted by Gasteiger charge is -2.18. The van der Waals surface area contributed by atoms with Crippen molar-refractivity contribution in [2.45, 2.75) is 25.4 Å². The number of amides is 1. The first-order valence-electron chi connectivity index (χ1n) is 6.53. The fourth-order valence-corrected chi connectivity index (χ4v) is 2.45. The molecule has 0 radical (unpaired) electrons. The molecule has 0 bridgehead atoms. The summed E-state index contributed by atoms with van der Waals surface area (Å²) < 4.78 is 38.0. The lowest BCUT2D eigenvalue weighted by Crippen LogP contribution is -2.27. The second-order valence-electron chi connectivity index (χ2n) is 4.89. The third-order valence-electron chi connectivity index (χ3n) is 3.51. The van der Waals surface area contributed by atoms with Crippen molar-refractivity contribution >= 4 is 11.6 Å². The molecule has 3 nitrogen and oxygen atoms in total. The molecule has 110 valence electrons. The Morgan fingerprint density at radius 3 is 2.75 bits per heavy atom. The van der Waals surface area contributed by atoms with Gasteiger partial charge in [0.05, 0.1) is 5.56 Å². The SMILES string of the molecule is O=C1C(CCCO)CCN1c1cccc(C(F)(F)F)c1. The Kier molecular flexibility index (Phi) is 4.32. The van der Waals surface area contributed by atoms with Crippen LogP contribution in [-0.2, 0) is 11.0 Å². The maximum Gasteiger partial charge on any atom is 0.416 e. The van der Waals surface area contributed by atoms with Crippen LogP contribution in [0.3, 0.4) is 0 Å². The van der Waals surface area contributed by atoms with E-state index in [4.69, 9.17) is 5.11 Å². The molecule has 1 aliphatic rings. The molecule has 2 rings (SSSR count). The zero-order valence-corrected chi connectivity index (χ0v) is 10.9. The number of aliphatic hydroxyl groups is 1.